The summed E-state index contributed by atoms with van der Waals surface area (Å²) in [5.74, 6) is 0.263. The molecule has 1 heterocycles. The molecule has 0 fully saturated rings. The fraction of sp³-hybridized carbons (Fsp3) is 0.100. The van der Waals surface area contributed by atoms with Crippen molar-refractivity contribution in [1.82, 2.24) is 4.98 Å². The fourth-order valence-corrected chi connectivity index (χ4v) is 1.94. The van der Waals surface area contributed by atoms with Gasteiger partial charge in [-0.2, -0.15) is 0 Å². The van der Waals surface area contributed by atoms with Crippen LogP contribution in [0.3, 0.4) is 0 Å². The van der Waals surface area contributed by atoms with E-state index in [4.69, 9.17) is 0 Å². The zero-order chi connectivity index (χ0) is 9.42. The minimum Gasteiger partial charge on any atom is -0.505 e. The van der Waals surface area contributed by atoms with E-state index in [0.717, 1.165) is 15.4 Å². The van der Waals surface area contributed by atoms with E-state index in [-0.39, 0.29) is 5.75 Å². The first-order valence-electron chi connectivity index (χ1n) is 3.94. The zero-order valence-corrected chi connectivity index (χ0v) is 8.67. The predicted molar refractivity (Wildman–Crippen MR) is 55.8 cm³/mol. The minimum atomic E-state index is 0.263. The highest BCUT2D eigenvalue weighted by molar-refractivity contribution is 9.10. The Morgan fingerprint density at radius 3 is 2.54 bits per heavy atom. The Morgan fingerprint density at radius 2 is 1.85 bits per heavy atom. The number of hydrogen-bond acceptors (Lipinski definition) is 2. The van der Waals surface area contributed by atoms with E-state index >= 15 is 0 Å². The van der Waals surface area contributed by atoms with Gasteiger partial charge in [0.15, 0.2) is 0 Å². The van der Waals surface area contributed by atoms with Gasteiger partial charge in [-0.3, -0.25) is 0 Å². The van der Waals surface area contributed by atoms with Crippen molar-refractivity contribution in [2.75, 3.05) is 0 Å². The van der Waals surface area contributed by atoms with Crippen LogP contribution in [0.5, 0.6) is 5.75 Å². The fourth-order valence-electron chi connectivity index (χ4n) is 1.32. The Labute approximate surface area is 84.4 Å². The second-order valence-electron chi connectivity index (χ2n) is 2.88. The third-order valence-corrected chi connectivity index (χ3v) is 2.62. The third kappa shape index (κ3) is 1.29. The maximum Gasteiger partial charge on any atom is 0.144 e. The number of halogens is 1. The highest BCUT2D eigenvalue weighted by Crippen LogP contribution is 2.31. The van der Waals surface area contributed by atoms with E-state index in [9.17, 15) is 5.11 Å². The highest BCUT2D eigenvalue weighted by Gasteiger charge is 2.06. The molecule has 3 heteroatoms. The number of hydrogen-bond donors (Lipinski definition) is 1. The van der Waals surface area contributed by atoms with Gasteiger partial charge in [0.25, 0.3) is 0 Å². The monoisotopic (exact) mass is 237 g/mol. The molecular formula is C10H8BrNO. The Balaban J connectivity index is 2.97. The van der Waals surface area contributed by atoms with Gasteiger partial charge >= 0.3 is 0 Å². The van der Waals surface area contributed by atoms with Gasteiger partial charge in [-0.1, -0.05) is 24.3 Å². The predicted octanol–water partition coefficient (Wildman–Crippen LogP) is 3.01. The van der Waals surface area contributed by atoms with E-state index in [2.05, 4.69) is 20.9 Å². The summed E-state index contributed by atoms with van der Waals surface area (Å²) in [6.07, 6.45) is 0. The lowest BCUT2D eigenvalue weighted by atomic mass is 10.1. The maximum atomic E-state index is 9.70. The first-order chi connectivity index (χ1) is 6.20. The van der Waals surface area contributed by atoms with Crippen molar-refractivity contribution >= 4 is 26.7 Å². The molecule has 0 spiro atoms. The first-order valence-corrected chi connectivity index (χ1v) is 4.73. The molecule has 0 aliphatic rings. The van der Waals surface area contributed by atoms with Gasteiger partial charge in [0, 0.05) is 10.8 Å². The molecule has 0 aliphatic heterocycles. The molecule has 2 nitrogen and oxygen atoms in total. The average molecular weight is 238 g/mol. The van der Waals surface area contributed by atoms with Crippen molar-refractivity contribution in [1.29, 1.82) is 0 Å². The Bertz CT molecular complexity index is 468. The van der Waals surface area contributed by atoms with Crippen LogP contribution in [0.25, 0.3) is 10.8 Å². The maximum absolute atomic E-state index is 9.70. The first kappa shape index (κ1) is 8.51. The van der Waals surface area contributed by atoms with E-state index in [1.165, 1.54) is 0 Å². The van der Waals surface area contributed by atoms with Crippen molar-refractivity contribution in [3.8, 4) is 5.75 Å². The van der Waals surface area contributed by atoms with Gasteiger partial charge in [-0.15, -0.1) is 0 Å². The van der Waals surface area contributed by atoms with Crippen molar-refractivity contribution in [2.24, 2.45) is 0 Å². The van der Waals surface area contributed by atoms with Crippen LogP contribution in [0, 0.1) is 6.92 Å². The van der Waals surface area contributed by atoms with E-state index < -0.39 is 0 Å². The van der Waals surface area contributed by atoms with Crippen molar-refractivity contribution < 1.29 is 5.11 Å². The van der Waals surface area contributed by atoms with Crippen molar-refractivity contribution in [3.05, 3.63) is 34.6 Å². The molecule has 13 heavy (non-hydrogen) atoms. The lowest BCUT2D eigenvalue weighted by Gasteiger charge is -2.04. The molecule has 1 aromatic carbocycles. The van der Waals surface area contributed by atoms with Gasteiger partial charge < -0.3 is 5.11 Å². The summed E-state index contributed by atoms with van der Waals surface area (Å²) in [6, 6.07) is 7.62. The molecule has 1 aromatic heterocycles. The molecular weight excluding hydrogens is 230 g/mol. The van der Waals surface area contributed by atoms with Crippen LogP contribution in [-0.4, -0.2) is 10.1 Å². The molecule has 0 saturated carbocycles. The summed E-state index contributed by atoms with van der Waals surface area (Å²) in [7, 11) is 0. The van der Waals surface area contributed by atoms with Gasteiger partial charge in [0.2, 0.25) is 0 Å². The van der Waals surface area contributed by atoms with Crippen molar-refractivity contribution in [2.45, 2.75) is 6.92 Å². The molecule has 0 saturated heterocycles. The van der Waals surface area contributed by atoms with Gasteiger partial charge in [-0.05, 0) is 22.9 Å². The molecule has 0 bridgehead atoms. The average Bonchev–Trinajstić information content (AvgIpc) is 2.15. The van der Waals surface area contributed by atoms with Crippen LogP contribution in [0.1, 0.15) is 5.69 Å². The Morgan fingerprint density at radius 1 is 1.23 bits per heavy atom. The number of pyridine rings is 1. The highest BCUT2D eigenvalue weighted by atomic mass is 79.9. The zero-order valence-electron chi connectivity index (χ0n) is 7.08. The van der Waals surface area contributed by atoms with E-state index in [1.54, 1.807) is 6.92 Å². The lowest BCUT2D eigenvalue weighted by molar-refractivity contribution is 0.474. The van der Waals surface area contributed by atoms with Gasteiger partial charge in [0.05, 0.1) is 5.69 Å². The van der Waals surface area contributed by atoms with Crippen LogP contribution in [0.2, 0.25) is 0 Å². The molecule has 2 rings (SSSR count). The summed E-state index contributed by atoms with van der Waals surface area (Å²) in [4.78, 5) is 4.17. The number of benzene rings is 1. The summed E-state index contributed by atoms with van der Waals surface area (Å²) < 4.78 is 0.776. The number of aryl methyl sites for hydroxylation is 1. The Kier molecular flexibility index (Phi) is 1.96. The van der Waals surface area contributed by atoms with E-state index in [1.807, 2.05) is 24.3 Å². The SMILES string of the molecule is Cc1nc(Br)c2ccccc2c1O. The molecule has 2 aromatic rings. The normalized spacial score (nSPS) is 10.6. The summed E-state index contributed by atoms with van der Waals surface area (Å²) in [5.41, 5.74) is 0.644. The standard InChI is InChI=1S/C10H8BrNO/c1-6-9(13)7-4-2-3-5-8(7)10(11)12-6/h2-5,13H,1H3. The quantitative estimate of drug-likeness (QED) is 0.715. The van der Waals surface area contributed by atoms with Crippen molar-refractivity contribution in [3.63, 3.8) is 0 Å². The molecule has 0 atom stereocenters. The van der Waals surface area contributed by atoms with Crippen LogP contribution < -0.4 is 0 Å². The lowest BCUT2D eigenvalue weighted by Crippen LogP contribution is -1.86. The number of nitrogens with zero attached hydrogens (tertiary/aromatic N) is 1. The van der Waals surface area contributed by atoms with Crippen LogP contribution in [0.15, 0.2) is 28.9 Å². The molecule has 66 valence electrons. The summed E-state index contributed by atoms with van der Waals surface area (Å²) >= 11 is 3.36. The topological polar surface area (TPSA) is 33.1 Å². The van der Waals surface area contributed by atoms with E-state index in [0.29, 0.717) is 5.69 Å². The molecule has 0 radical (unpaired) electrons. The molecule has 0 unspecified atom stereocenters. The van der Waals surface area contributed by atoms with Gasteiger partial charge in [-0.25, -0.2) is 4.98 Å². The Hall–Kier alpha value is -1.09. The second-order valence-corrected chi connectivity index (χ2v) is 3.63. The van der Waals surface area contributed by atoms with Crippen LogP contribution >= 0.6 is 15.9 Å². The smallest absolute Gasteiger partial charge is 0.144 e. The largest absolute Gasteiger partial charge is 0.505 e. The number of rotatable bonds is 0. The molecule has 0 amide bonds. The minimum absolute atomic E-state index is 0.263. The second kappa shape index (κ2) is 3.00. The third-order valence-electron chi connectivity index (χ3n) is 2.01. The summed E-state index contributed by atoms with van der Waals surface area (Å²) in [6.45, 7) is 1.78. The molecule has 1 N–H and O–H groups in total. The number of aromatic nitrogens is 1. The number of fused-ring (bicyclic) bond motifs is 1. The van der Waals surface area contributed by atoms with Crippen LogP contribution in [-0.2, 0) is 0 Å². The summed E-state index contributed by atoms with van der Waals surface area (Å²) in [5, 5.41) is 11.5. The number of aromatic hydroxyl groups is 1. The van der Waals surface area contributed by atoms with Crippen LogP contribution in [0.4, 0.5) is 0 Å². The molecule has 0 aliphatic carbocycles. The van der Waals surface area contributed by atoms with Gasteiger partial charge in [0.1, 0.15) is 10.4 Å².